The van der Waals surface area contributed by atoms with Gasteiger partial charge in [0.15, 0.2) is 6.10 Å². The fourth-order valence-electron chi connectivity index (χ4n) is 7.13. The summed E-state index contributed by atoms with van der Waals surface area (Å²) in [6.07, 6.45) is 89.3. The molecule has 0 fully saturated rings. The van der Waals surface area contributed by atoms with E-state index in [0.29, 0.717) is 19.3 Å². The molecule has 0 aliphatic heterocycles. The number of unbranched alkanes of at least 4 members (excludes halogenated alkanes) is 11. The van der Waals surface area contributed by atoms with Gasteiger partial charge >= 0.3 is 17.9 Å². The second-order valence-corrected chi connectivity index (χ2v) is 18.4. The molecule has 0 bridgehead atoms. The highest BCUT2D eigenvalue weighted by molar-refractivity contribution is 5.71. The van der Waals surface area contributed by atoms with Crippen LogP contribution < -0.4 is 0 Å². The summed E-state index contributed by atoms with van der Waals surface area (Å²) in [5.74, 6) is -1.02. The third-order valence-corrected chi connectivity index (χ3v) is 11.4. The Morgan fingerprint density at radius 2 is 0.527 bits per heavy atom. The summed E-state index contributed by atoms with van der Waals surface area (Å²) in [5.41, 5.74) is 0. The van der Waals surface area contributed by atoms with Crippen LogP contribution in [0.4, 0.5) is 0 Å². The van der Waals surface area contributed by atoms with Crippen molar-refractivity contribution in [3.63, 3.8) is 0 Å². The summed E-state index contributed by atoms with van der Waals surface area (Å²) < 4.78 is 16.8. The summed E-state index contributed by atoms with van der Waals surface area (Å²) in [4.78, 5) is 38.1. The largest absolute Gasteiger partial charge is 0.462 e. The van der Waals surface area contributed by atoms with Gasteiger partial charge in [-0.25, -0.2) is 0 Å². The van der Waals surface area contributed by atoms with Crippen molar-refractivity contribution in [1.82, 2.24) is 0 Å². The van der Waals surface area contributed by atoms with Gasteiger partial charge in [-0.3, -0.25) is 14.4 Å². The lowest BCUT2D eigenvalue weighted by molar-refractivity contribution is -0.167. The van der Waals surface area contributed by atoms with Gasteiger partial charge in [-0.15, -0.1) is 0 Å². The van der Waals surface area contributed by atoms with Crippen LogP contribution in [0.1, 0.15) is 220 Å². The monoisotopic (exact) mass is 1020 g/mol. The highest BCUT2D eigenvalue weighted by Crippen LogP contribution is 2.12. The minimum absolute atomic E-state index is 0.118. The van der Waals surface area contributed by atoms with Crippen LogP contribution in [-0.4, -0.2) is 37.2 Å². The number of hydrogen-bond donors (Lipinski definition) is 0. The molecule has 0 aromatic heterocycles. The fraction of sp³-hybridized carbons (Fsp3) is 0.544. The normalized spacial score (nSPS) is 13.4. The van der Waals surface area contributed by atoms with Crippen molar-refractivity contribution in [2.45, 2.75) is 226 Å². The lowest BCUT2D eigenvalue weighted by Gasteiger charge is -2.18. The lowest BCUT2D eigenvalue weighted by atomic mass is 10.1. The number of carbonyl (C=O) groups is 3. The Morgan fingerprint density at radius 3 is 0.878 bits per heavy atom. The standard InChI is InChI=1S/C68H104O6/c1-4-7-10-13-16-19-22-24-26-28-30-31-32-33-34-35-36-37-39-40-42-44-46-49-52-55-58-61-67(70)73-64-65(63-72-66(69)60-57-54-51-48-21-18-15-12-9-6-3)74-68(71)62-59-56-53-50-47-45-43-41-38-29-27-25-23-20-17-14-11-8-5-2/h7-8,10-12,15-17,19-20,24-27,30-31,33-34,36-38,40-42,45-47,49,65H,4-6,9,13-14,18,21-23,28-29,32,35,39,43-44,48,50-64H2,1-3H3/b10-7-,11-8-,15-12-,19-16-,20-17-,26-24-,27-25-,31-30-,34-33-,37-36-,41-38-,42-40-,47-45-,49-46-. The topological polar surface area (TPSA) is 78.9 Å². The van der Waals surface area contributed by atoms with Crippen molar-refractivity contribution in [1.29, 1.82) is 0 Å². The van der Waals surface area contributed by atoms with E-state index in [-0.39, 0.29) is 44.0 Å². The molecule has 0 aromatic carbocycles. The van der Waals surface area contributed by atoms with Gasteiger partial charge in [0.05, 0.1) is 0 Å². The Labute approximate surface area is 453 Å². The van der Waals surface area contributed by atoms with E-state index in [1.807, 2.05) is 0 Å². The summed E-state index contributed by atoms with van der Waals surface area (Å²) in [6, 6.07) is 0. The Bertz CT molecular complexity index is 1740. The van der Waals surface area contributed by atoms with Crippen molar-refractivity contribution in [2.24, 2.45) is 0 Å². The molecule has 1 atom stereocenters. The zero-order chi connectivity index (χ0) is 53.6. The van der Waals surface area contributed by atoms with Crippen LogP contribution in [0.2, 0.25) is 0 Å². The van der Waals surface area contributed by atoms with Crippen LogP contribution in [0, 0.1) is 0 Å². The number of hydrogen-bond acceptors (Lipinski definition) is 6. The summed E-state index contributed by atoms with van der Waals surface area (Å²) >= 11 is 0. The molecule has 412 valence electrons. The average molecular weight is 1020 g/mol. The maximum atomic E-state index is 12.8. The van der Waals surface area contributed by atoms with Crippen LogP contribution in [0.3, 0.4) is 0 Å². The van der Waals surface area contributed by atoms with E-state index in [9.17, 15) is 14.4 Å². The fourth-order valence-corrected chi connectivity index (χ4v) is 7.13. The second-order valence-electron chi connectivity index (χ2n) is 18.4. The average Bonchev–Trinajstić information content (AvgIpc) is 3.40. The van der Waals surface area contributed by atoms with Gasteiger partial charge in [0.25, 0.3) is 0 Å². The molecule has 0 rings (SSSR count). The van der Waals surface area contributed by atoms with Gasteiger partial charge in [0, 0.05) is 19.3 Å². The molecule has 6 nitrogen and oxygen atoms in total. The number of rotatable bonds is 50. The Kier molecular flexibility index (Phi) is 56.1. The van der Waals surface area contributed by atoms with Crippen molar-refractivity contribution in [3.05, 3.63) is 170 Å². The number of allylic oxidation sites excluding steroid dienone is 28. The maximum absolute atomic E-state index is 12.8. The zero-order valence-corrected chi connectivity index (χ0v) is 47.0. The van der Waals surface area contributed by atoms with Gasteiger partial charge in [-0.2, -0.15) is 0 Å². The first-order valence-corrected chi connectivity index (χ1v) is 29.1. The van der Waals surface area contributed by atoms with E-state index in [1.54, 1.807) is 0 Å². The maximum Gasteiger partial charge on any atom is 0.306 e. The lowest BCUT2D eigenvalue weighted by Crippen LogP contribution is -2.30. The van der Waals surface area contributed by atoms with E-state index >= 15 is 0 Å². The van der Waals surface area contributed by atoms with Gasteiger partial charge in [-0.05, 0) is 148 Å². The number of carbonyl (C=O) groups excluding carboxylic acids is 3. The van der Waals surface area contributed by atoms with E-state index in [2.05, 4.69) is 191 Å². The van der Waals surface area contributed by atoms with E-state index in [0.717, 1.165) is 154 Å². The number of ether oxygens (including phenoxy) is 3. The molecule has 74 heavy (non-hydrogen) atoms. The summed E-state index contributed by atoms with van der Waals surface area (Å²) in [5, 5.41) is 0. The van der Waals surface area contributed by atoms with Gasteiger partial charge in [-0.1, -0.05) is 223 Å². The van der Waals surface area contributed by atoms with E-state index < -0.39 is 6.10 Å². The Balaban J connectivity index is 4.48. The number of esters is 3. The van der Waals surface area contributed by atoms with Crippen LogP contribution in [0.15, 0.2) is 170 Å². The molecule has 0 aliphatic carbocycles. The molecule has 0 aromatic rings. The molecule has 0 amide bonds. The van der Waals surface area contributed by atoms with Crippen molar-refractivity contribution in [3.8, 4) is 0 Å². The van der Waals surface area contributed by atoms with Crippen LogP contribution in [0.5, 0.6) is 0 Å². The first-order chi connectivity index (χ1) is 36.5. The molecule has 6 heteroatoms. The minimum atomic E-state index is -0.826. The molecule has 0 spiro atoms. The predicted octanol–water partition coefficient (Wildman–Crippen LogP) is 19.9. The van der Waals surface area contributed by atoms with Crippen LogP contribution >= 0.6 is 0 Å². The molecular weight excluding hydrogens is 913 g/mol. The third kappa shape index (κ3) is 57.7. The van der Waals surface area contributed by atoms with E-state index in [4.69, 9.17) is 14.2 Å². The van der Waals surface area contributed by atoms with Gasteiger partial charge < -0.3 is 14.2 Å². The highest BCUT2D eigenvalue weighted by atomic mass is 16.6. The Morgan fingerprint density at radius 1 is 0.284 bits per heavy atom. The molecule has 0 aliphatic rings. The smallest absolute Gasteiger partial charge is 0.306 e. The highest BCUT2D eigenvalue weighted by Gasteiger charge is 2.19. The summed E-state index contributed by atoms with van der Waals surface area (Å²) in [7, 11) is 0. The SMILES string of the molecule is CC/C=C\C/C=C\C/C=C\C/C=C\C/C=C\C/C=C\C/C=C\C/C=C\CCCCC(=O)OCC(COC(=O)CCCCCCC/C=C\CCC)OC(=O)CCCCC/C=C\C/C=C\C/C=C\C/C=C\C/C=C\CC. The van der Waals surface area contributed by atoms with Crippen molar-refractivity contribution >= 4 is 17.9 Å². The predicted molar refractivity (Wildman–Crippen MR) is 320 cm³/mol. The first-order valence-electron chi connectivity index (χ1n) is 29.1. The quantitative estimate of drug-likeness (QED) is 0.0261. The summed E-state index contributed by atoms with van der Waals surface area (Å²) in [6.45, 7) is 6.25. The first kappa shape index (κ1) is 68.8. The Hall–Kier alpha value is -5.23. The minimum Gasteiger partial charge on any atom is -0.462 e. The van der Waals surface area contributed by atoms with Crippen molar-refractivity contribution in [2.75, 3.05) is 13.2 Å². The molecule has 0 saturated heterocycles. The molecule has 0 saturated carbocycles. The zero-order valence-electron chi connectivity index (χ0n) is 47.0. The molecule has 0 radical (unpaired) electrons. The van der Waals surface area contributed by atoms with Gasteiger partial charge in [0.1, 0.15) is 13.2 Å². The van der Waals surface area contributed by atoms with Gasteiger partial charge in [0.2, 0.25) is 0 Å². The van der Waals surface area contributed by atoms with E-state index in [1.165, 1.54) is 12.8 Å². The molecular formula is C68H104O6. The van der Waals surface area contributed by atoms with Crippen LogP contribution in [-0.2, 0) is 28.6 Å². The molecule has 1 unspecified atom stereocenters. The third-order valence-electron chi connectivity index (χ3n) is 11.4. The second kappa shape index (κ2) is 60.3. The molecule has 0 heterocycles. The van der Waals surface area contributed by atoms with Crippen LogP contribution in [0.25, 0.3) is 0 Å². The van der Waals surface area contributed by atoms with Crippen molar-refractivity contribution < 1.29 is 28.6 Å². The molecule has 0 N–H and O–H groups in total.